The minimum absolute atomic E-state index is 0.0357. The summed E-state index contributed by atoms with van der Waals surface area (Å²) < 4.78 is 5.26. The van der Waals surface area contributed by atoms with Gasteiger partial charge < -0.3 is 4.74 Å². The van der Waals surface area contributed by atoms with Gasteiger partial charge in [0.05, 0.1) is 6.10 Å². The quantitative estimate of drug-likeness (QED) is 0.439. The van der Waals surface area contributed by atoms with Gasteiger partial charge in [-0.1, -0.05) is 12.2 Å². The number of hydrogen-bond donors (Lipinski definition) is 0. The van der Waals surface area contributed by atoms with Crippen LogP contribution in [0.5, 0.6) is 0 Å². The first-order chi connectivity index (χ1) is 6.79. The van der Waals surface area contributed by atoms with Crippen LogP contribution in [0.1, 0.15) is 51.9 Å². The van der Waals surface area contributed by atoms with E-state index in [4.69, 9.17) is 4.74 Å². The van der Waals surface area contributed by atoms with Gasteiger partial charge >= 0.3 is 5.97 Å². The largest absolute Gasteiger partial charge is 0.463 e. The number of rotatable bonds is 0. The van der Waals surface area contributed by atoms with Gasteiger partial charge in [-0.2, -0.15) is 0 Å². The van der Waals surface area contributed by atoms with Gasteiger partial charge in [-0.25, -0.2) is 0 Å². The van der Waals surface area contributed by atoms with Crippen LogP contribution >= 0.6 is 0 Å². The molecule has 0 radical (unpaired) electrons. The van der Waals surface area contributed by atoms with E-state index in [9.17, 15) is 4.79 Å². The van der Waals surface area contributed by atoms with Crippen LogP contribution in [0.15, 0.2) is 12.2 Å². The third kappa shape index (κ3) is 5.05. The molecule has 0 spiro atoms. The summed E-state index contributed by atoms with van der Waals surface area (Å²) in [5.41, 5.74) is 0. The predicted octanol–water partition coefficient (Wildman–Crippen LogP) is 3.22. The van der Waals surface area contributed by atoms with E-state index in [0.29, 0.717) is 6.42 Å². The Morgan fingerprint density at radius 1 is 1.21 bits per heavy atom. The Balaban J connectivity index is 2.35. The lowest BCUT2D eigenvalue weighted by Crippen LogP contribution is -2.14. The third-order valence-electron chi connectivity index (χ3n) is 2.48. The Labute approximate surface area is 86.3 Å². The highest BCUT2D eigenvalue weighted by atomic mass is 16.5. The Morgan fingerprint density at radius 2 is 1.93 bits per heavy atom. The van der Waals surface area contributed by atoms with E-state index in [1.54, 1.807) is 0 Å². The lowest BCUT2D eigenvalue weighted by Gasteiger charge is -2.13. The van der Waals surface area contributed by atoms with E-state index in [2.05, 4.69) is 12.2 Å². The van der Waals surface area contributed by atoms with Crippen molar-refractivity contribution in [2.24, 2.45) is 0 Å². The Kier molecular flexibility index (Phi) is 5.35. The lowest BCUT2D eigenvalue weighted by molar-refractivity contribution is -0.148. The summed E-state index contributed by atoms with van der Waals surface area (Å²) in [5, 5.41) is 0. The molecule has 14 heavy (non-hydrogen) atoms. The average Bonchev–Trinajstić information content (AvgIpc) is 2.13. The molecule has 1 unspecified atom stereocenters. The Hall–Kier alpha value is -0.790. The van der Waals surface area contributed by atoms with Gasteiger partial charge in [-0.05, 0) is 45.4 Å². The van der Waals surface area contributed by atoms with E-state index >= 15 is 0 Å². The Bertz CT molecular complexity index is 196. The molecule has 1 aliphatic rings. The standard InChI is InChI=1S/C12H20O2/c1-11-9-7-5-3-2-4-6-8-10-12(13)14-11/h2,4,11H,3,5-10H2,1H3/b4-2-. The molecule has 2 nitrogen and oxygen atoms in total. The summed E-state index contributed by atoms with van der Waals surface area (Å²) in [4.78, 5) is 11.3. The molecule has 0 amide bonds. The van der Waals surface area contributed by atoms with Gasteiger partial charge in [-0.15, -0.1) is 0 Å². The van der Waals surface area contributed by atoms with E-state index < -0.39 is 0 Å². The molecule has 1 atom stereocenters. The molecule has 0 aromatic heterocycles. The highest BCUT2D eigenvalue weighted by Gasteiger charge is 2.08. The minimum Gasteiger partial charge on any atom is -0.463 e. The summed E-state index contributed by atoms with van der Waals surface area (Å²) in [6.07, 6.45) is 11.5. The van der Waals surface area contributed by atoms with Crippen LogP contribution in [0.3, 0.4) is 0 Å². The van der Waals surface area contributed by atoms with Crippen molar-refractivity contribution >= 4 is 5.97 Å². The zero-order valence-electron chi connectivity index (χ0n) is 9.00. The van der Waals surface area contributed by atoms with E-state index in [0.717, 1.165) is 25.7 Å². The predicted molar refractivity (Wildman–Crippen MR) is 57.0 cm³/mol. The fourth-order valence-corrected chi connectivity index (χ4v) is 1.64. The highest BCUT2D eigenvalue weighted by molar-refractivity contribution is 5.69. The molecule has 0 aliphatic carbocycles. The maximum Gasteiger partial charge on any atom is 0.306 e. The summed E-state index contributed by atoms with van der Waals surface area (Å²) in [6, 6.07) is 0. The van der Waals surface area contributed by atoms with Crippen molar-refractivity contribution in [2.75, 3.05) is 0 Å². The van der Waals surface area contributed by atoms with E-state index in [-0.39, 0.29) is 12.1 Å². The summed E-state index contributed by atoms with van der Waals surface area (Å²) in [7, 11) is 0. The van der Waals surface area contributed by atoms with Crippen molar-refractivity contribution in [3.63, 3.8) is 0 Å². The molecular formula is C12H20O2. The molecule has 1 heterocycles. The van der Waals surface area contributed by atoms with Crippen molar-refractivity contribution in [3.05, 3.63) is 12.2 Å². The van der Waals surface area contributed by atoms with Gasteiger partial charge in [0.15, 0.2) is 0 Å². The number of esters is 1. The average molecular weight is 196 g/mol. The van der Waals surface area contributed by atoms with Crippen LogP contribution in [0, 0.1) is 0 Å². The van der Waals surface area contributed by atoms with Crippen LogP contribution in [0.25, 0.3) is 0 Å². The van der Waals surface area contributed by atoms with Crippen LogP contribution in [0.4, 0.5) is 0 Å². The Morgan fingerprint density at radius 3 is 2.71 bits per heavy atom. The van der Waals surface area contributed by atoms with Crippen molar-refractivity contribution in [2.45, 2.75) is 58.0 Å². The van der Waals surface area contributed by atoms with Gasteiger partial charge in [0.1, 0.15) is 0 Å². The number of allylic oxidation sites excluding steroid dienone is 2. The number of cyclic esters (lactones) is 1. The molecule has 0 bridgehead atoms. The van der Waals surface area contributed by atoms with Crippen LogP contribution in [0.2, 0.25) is 0 Å². The molecule has 0 N–H and O–H groups in total. The van der Waals surface area contributed by atoms with E-state index in [1.165, 1.54) is 12.8 Å². The van der Waals surface area contributed by atoms with Crippen molar-refractivity contribution < 1.29 is 9.53 Å². The molecule has 1 rings (SSSR count). The number of carbonyl (C=O) groups is 1. The van der Waals surface area contributed by atoms with Crippen molar-refractivity contribution in [1.29, 1.82) is 0 Å². The maximum atomic E-state index is 11.3. The zero-order chi connectivity index (χ0) is 10.2. The fourth-order valence-electron chi connectivity index (χ4n) is 1.64. The van der Waals surface area contributed by atoms with Crippen LogP contribution in [-0.4, -0.2) is 12.1 Å². The highest BCUT2D eigenvalue weighted by Crippen LogP contribution is 2.10. The molecular weight excluding hydrogens is 176 g/mol. The molecule has 0 fully saturated rings. The second kappa shape index (κ2) is 6.63. The van der Waals surface area contributed by atoms with Crippen molar-refractivity contribution in [1.82, 2.24) is 0 Å². The van der Waals surface area contributed by atoms with Crippen molar-refractivity contribution in [3.8, 4) is 0 Å². The third-order valence-corrected chi connectivity index (χ3v) is 2.48. The lowest BCUT2D eigenvalue weighted by atomic mass is 10.1. The minimum atomic E-state index is -0.0357. The smallest absolute Gasteiger partial charge is 0.306 e. The molecule has 0 aromatic carbocycles. The van der Waals surface area contributed by atoms with Crippen LogP contribution < -0.4 is 0 Å². The first-order valence-electron chi connectivity index (χ1n) is 5.63. The first kappa shape index (κ1) is 11.3. The summed E-state index contributed by atoms with van der Waals surface area (Å²) >= 11 is 0. The normalized spacial score (nSPS) is 28.4. The molecule has 2 heteroatoms. The second-order valence-corrected chi connectivity index (χ2v) is 3.95. The van der Waals surface area contributed by atoms with Gasteiger partial charge in [0, 0.05) is 6.42 Å². The molecule has 0 aromatic rings. The van der Waals surface area contributed by atoms with Gasteiger partial charge in [0.25, 0.3) is 0 Å². The van der Waals surface area contributed by atoms with Gasteiger partial charge in [-0.3, -0.25) is 4.79 Å². The fraction of sp³-hybridized carbons (Fsp3) is 0.750. The van der Waals surface area contributed by atoms with E-state index in [1.807, 2.05) is 6.92 Å². The monoisotopic (exact) mass is 196 g/mol. The molecule has 80 valence electrons. The summed E-state index contributed by atoms with van der Waals surface area (Å²) in [5.74, 6) is -0.0357. The first-order valence-corrected chi connectivity index (χ1v) is 5.63. The second-order valence-electron chi connectivity index (χ2n) is 3.95. The topological polar surface area (TPSA) is 26.3 Å². The number of hydrogen-bond acceptors (Lipinski definition) is 2. The summed E-state index contributed by atoms with van der Waals surface area (Å²) in [6.45, 7) is 1.99. The van der Waals surface area contributed by atoms with Crippen LogP contribution in [-0.2, 0) is 9.53 Å². The zero-order valence-corrected chi connectivity index (χ0v) is 9.00. The number of carbonyl (C=O) groups excluding carboxylic acids is 1. The molecule has 0 saturated heterocycles. The number of ether oxygens (including phenoxy) is 1. The maximum absolute atomic E-state index is 11.3. The van der Waals surface area contributed by atoms with Gasteiger partial charge in [0.2, 0.25) is 0 Å². The SMILES string of the molecule is CC1CCCC/C=C\CCCC(=O)O1. The molecule has 0 saturated carbocycles. The molecule has 1 aliphatic heterocycles.